The molecule has 0 saturated carbocycles. The zero-order valence-electron chi connectivity index (χ0n) is 11.9. The van der Waals surface area contributed by atoms with Gasteiger partial charge in [0.05, 0.1) is 5.69 Å². The standard InChI is InChI=1S/C16H14ClFN4/c1-10-12(17)6-4-8-15(10)22-16(14(9-19)20-21-22)11-5-2-3-7-13(11)18/h2-8H,9,19H2,1H3. The number of hydrogen-bond acceptors (Lipinski definition) is 3. The topological polar surface area (TPSA) is 56.7 Å². The zero-order chi connectivity index (χ0) is 15.7. The SMILES string of the molecule is Cc1c(Cl)cccc1-n1nnc(CN)c1-c1ccccc1F. The van der Waals surface area contributed by atoms with Gasteiger partial charge in [0.15, 0.2) is 0 Å². The highest BCUT2D eigenvalue weighted by atomic mass is 35.5. The summed E-state index contributed by atoms with van der Waals surface area (Å²) in [4.78, 5) is 0. The second kappa shape index (κ2) is 5.87. The van der Waals surface area contributed by atoms with E-state index in [9.17, 15) is 4.39 Å². The summed E-state index contributed by atoms with van der Waals surface area (Å²) in [5, 5.41) is 8.83. The minimum Gasteiger partial charge on any atom is -0.325 e. The van der Waals surface area contributed by atoms with E-state index in [2.05, 4.69) is 10.3 Å². The Morgan fingerprint density at radius 3 is 2.68 bits per heavy atom. The molecule has 112 valence electrons. The van der Waals surface area contributed by atoms with E-state index in [1.165, 1.54) is 6.07 Å². The molecule has 0 aliphatic carbocycles. The van der Waals surface area contributed by atoms with Crippen LogP contribution >= 0.6 is 11.6 Å². The van der Waals surface area contributed by atoms with Gasteiger partial charge < -0.3 is 5.73 Å². The number of hydrogen-bond donors (Lipinski definition) is 1. The van der Waals surface area contributed by atoms with Gasteiger partial charge in [0.25, 0.3) is 0 Å². The first-order valence-electron chi connectivity index (χ1n) is 6.78. The maximum atomic E-state index is 14.2. The van der Waals surface area contributed by atoms with E-state index in [0.29, 0.717) is 22.0 Å². The number of halogens is 2. The molecule has 0 fully saturated rings. The summed E-state index contributed by atoms with van der Waals surface area (Å²) in [5.74, 6) is -0.347. The summed E-state index contributed by atoms with van der Waals surface area (Å²) in [6.45, 7) is 2.05. The molecule has 0 atom stereocenters. The number of nitrogens with zero attached hydrogens (tertiary/aromatic N) is 3. The Labute approximate surface area is 132 Å². The number of benzene rings is 2. The molecule has 0 unspecified atom stereocenters. The third-order valence-corrected chi connectivity index (χ3v) is 3.94. The van der Waals surface area contributed by atoms with Crippen molar-refractivity contribution in [2.24, 2.45) is 5.73 Å². The molecule has 22 heavy (non-hydrogen) atoms. The number of aromatic nitrogens is 3. The predicted molar refractivity (Wildman–Crippen MR) is 84.4 cm³/mol. The van der Waals surface area contributed by atoms with Crippen LogP contribution < -0.4 is 5.73 Å². The van der Waals surface area contributed by atoms with E-state index in [0.717, 1.165) is 11.3 Å². The van der Waals surface area contributed by atoms with Gasteiger partial charge >= 0.3 is 0 Å². The van der Waals surface area contributed by atoms with E-state index in [-0.39, 0.29) is 12.4 Å². The van der Waals surface area contributed by atoms with Gasteiger partial charge in [0.2, 0.25) is 0 Å². The third kappa shape index (κ3) is 2.38. The van der Waals surface area contributed by atoms with Crippen LogP contribution in [0.1, 0.15) is 11.3 Å². The second-order valence-electron chi connectivity index (χ2n) is 4.86. The van der Waals surface area contributed by atoms with Crippen LogP contribution in [0.4, 0.5) is 4.39 Å². The van der Waals surface area contributed by atoms with Crippen molar-refractivity contribution in [3.8, 4) is 16.9 Å². The van der Waals surface area contributed by atoms with Gasteiger partial charge in [0, 0.05) is 17.1 Å². The van der Waals surface area contributed by atoms with E-state index in [1.807, 2.05) is 19.1 Å². The molecule has 6 heteroatoms. The summed E-state index contributed by atoms with van der Waals surface area (Å²) in [6, 6.07) is 12.0. The Morgan fingerprint density at radius 1 is 1.18 bits per heavy atom. The predicted octanol–water partition coefficient (Wildman–Crippen LogP) is 3.49. The van der Waals surface area contributed by atoms with Crippen LogP contribution in [0, 0.1) is 12.7 Å². The smallest absolute Gasteiger partial charge is 0.132 e. The maximum absolute atomic E-state index is 14.2. The first kappa shape index (κ1) is 14.7. The van der Waals surface area contributed by atoms with E-state index in [4.69, 9.17) is 17.3 Å². The molecule has 0 bridgehead atoms. The van der Waals surface area contributed by atoms with Crippen molar-refractivity contribution in [3.05, 3.63) is 64.6 Å². The summed E-state index contributed by atoms with van der Waals surface area (Å²) in [7, 11) is 0. The molecule has 2 aromatic carbocycles. The molecule has 2 N–H and O–H groups in total. The summed E-state index contributed by atoms with van der Waals surface area (Å²) in [6.07, 6.45) is 0. The summed E-state index contributed by atoms with van der Waals surface area (Å²) < 4.78 is 15.8. The van der Waals surface area contributed by atoms with Gasteiger partial charge in [0.1, 0.15) is 17.2 Å². The van der Waals surface area contributed by atoms with E-state index >= 15 is 0 Å². The molecule has 0 spiro atoms. The zero-order valence-corrected chi connectivity index (χ0v) is 12.7. The minimum atomic E-state index is -0.347. The molecule has 1 heterocycles. The molecule has 0 amide bonds. The second-order valence-corrected chi connectivity index (χ2v) is 5.27. The van der Waals surface area contributed by atoms with Gasteiger partial charge in [-0.1, -0.05) is 35.0 Å². The van der Waals surface area contributed by atoms with Crippen molar-refractivity contribution in [3.63, 3.8) is 0 Å². The molecular weight excluding hydrogens is 303 g/mol. The molecule has 3 rings (SSSR count). The van der Waals surface area contributed by atoms with Crippen molar-refractivity contribution >= 4 is 11.6 Å². The Morgan fingerprint density at radius 2 is 1.95 bits per heavy atom. The average Bonchev–Trinajstić information content (AvgIpc) is 2.94. The van der Waals surface area contributed by atoms with Crippen molar-refractivity contribution in [1.82, 2.24) is 15.0 Å². The van der Waals surface area contributed by atoms with Gasteiger partial charge in [-0.05, 0) is 36.8 Å². The van der Waals surface area contributed by atoms with Crippen LogP contribution in [0.15, 0.2) is 42.5 Å². The van der Waals surface area contributed by atoms with Gasteiger partial charge in [-0.25, -0.2) is 9.07 Å². The van der Waals surface area contributed by atoms with Crippen LogP contribution in [0.25, 0.3) is 16.9 Å². The normalized spacial score (nSPS) is 10.9. The first-order valence-corrected chi connectivity index (χ1v) is 7.16. The van der Waals surface area contributed by atoms with E-state index < -0.39 is 0 Å². The molecule has 0 aliphatic heterocycles. The first-order chi connectivity index (χ1) is 10.6. The number of rotatable bonds is 3. The van der Waals surface area contributed by atoms with Gasteiger partial charge in [-0.3, -0.25) is 0 Å². The molecule has 0 aliphatic rings. The Balaban J connectivity index is 2.29. The third-order valence-electron chi connectivity index (χ3n) is 3.53. The van der Waals surface area contributed by atoms with E-state index in [1.54, 1.807) is 28.9 Å². The van der Waals surface area contributed by atoms with Crippen LogP contribution in [0.3, 0.4) is 0 Å². The van der Waals surface area contributed by atoms with Crippen molar-refractivity contribution in [1.29, 1.82) is 0 Å². The Bertz CT molecular complexity index is 829. The lowest BCUT2D eigenvalue weighted by molar-refractivity contribution is 0.629. The highest BCUT2D eigenvalue weighted by molar-refractivity contribution is 6.31. The largest absolute Gasteiger partial charge is 0.325 e. The molecule has 4 nitrogen and oxygen atoms in total. The van der Waals surface area contributed by atoms with Crippen molar-refractivity contribution < 1.29 is 4.39 Å². The summed E-state index contributed by atoms with van der Waals surface area (Å²) in [5.41, 5.74) is 8.81. The lowest BCUT2D eigenvalue weighted by Gasteiger charge is -2.12. The highest BCUT2D eigenvalue weighted by Gasteiger charge is 2.19. The Hall–Kier alpha value is -2.24. The molecule has 1 aromatic heterocycles. The van der Waals surface area contributed by atoms with Gasteiger partial charge in [-0.2, -0.15) is 0 Å². The molecule has 0 saturated heterocycles. The lowest BCUT2D eigenvalue weighted by atomic mass is 10.1. The van der Waals surface area contributed by atoms with Crippen molar-refractivity contribution in [2.75, 3.05) is 0 Å². The monoisotopic (exact) mass is 316 g/mol. The highest BCUT2D eigenvalue weighted by Crippen LogP contribution is 2.30. The van der Waals surface area contributed by atoms with Crippen LogP contribution in [-0.4, -0.2) is 15.0 Å². The molecular formula is C16H14ClFN4. The van der Waals surface area contributed by atoms with Crippen LogP contribution in [0.2, 0.25) is 5.02 Å². The fraction of sp³-hybridized carbons (Fsp3) is 0.125. The average molecular weight is 317 g/mol. The maximum Gasteiger partial charge on any atom is 0.132 e. The van der Waals surface area contributed by atoms with Crippen LogP contribution in [-0.2, 0) is 6.54 Å². The molecule has 3 aromatic rings. The fourth-order valence-corrected chi connectivity index (χ4v) is 2.54. The van der Waals surface area contributed by atoms with Crippen molar-refractivity contribution in [2.45, 2.75) is 13.5 Å². The van der Waals surface area contributed by atoms with Gasteiger partial charge in [-0.15, -0.1) is 5.10 Å². The molecule has 0 radical (unpaired) electrons. The quantitative estimate of drug-likeness (QED) is 0.804. The minimum absolute atomic E-state index is 0.170. The fourth-order valence-electron chi connectivity index (χ4n) is 2.37. The van der Waals surface area contributed by atoms with Crippen LogP contribution in [0.5, 0.6) is 0 Å². The Kier molecular flexibility index (Phi) is 3.92. The lowest BCUT2D eigenvalue weighted by Crippen LogP contribution is -2.05. The number of nitrogens with two attached hydrogens (primary N) is 1. The summed E-state index contributed by atoms with van der Waals surface area (Å²) >= 11 is 6.17.